The lowest BCUT2D eigenvalue weighted by molar-refractivity contribution is 0.00469. The Kier molecular flexibility index (Phi) is 2.94. The maximum atomic E-state index is 4.59. The van der Waals surface area contributed by atoms with Gasteiger partial charge in [-0.3, -0.25) is 4.90 Å². The second kappa shape index (κ2) is 4.54. The Morgan fingerprint density at radius 2 is 2.11 bits per heavy atom. The molecule has 0 N–H and O–H groups in total. The Morgan fingerprint density at radius 3 is 2.79 bits per heavy atom. The van der Waals surface area contributed by atoms with E-state index in [0.717, 1.165) is 12.5 Å². The molecule has 1 aromatic rings. The number of nitrogens with zero attached hydrogens (tertiary/aromatic N) is 3. The Hall–Kier alpha value is -0.450. The minimum atomic E-state index is 0.639. The van der Waals surface area contributed by atoms with Gasteiger partial charge in [-0.1, -0.05) is 0 Å². The van der Waals surface area contributed by atoms with Gasteiger partial charge in [0.2, 0.25) is 0 Å². The summed E-state index contributed by atoms with van der Waals surface area (Å²) < 4.78 is 0. The summed E-state index contributed by atoms with van der Waals surface area (Å²) >= 11 is 1.78. The summed E-state index contributed by atoms with van der Waals surface area (Å²) in [6, 6.07) is 0. The maximum Gasteiger partial charge on any atom is 0.0897 e. The first-order valence-corrected chi connectivity index (χ1v) is 8.45. The van der Waals surface area contributed by atoms with E-state index in [1.54, 1.807) is 11.3 Å². The van der Waals surface area contributed by atoms with Crippen molar-refractivity contribution in [1.82, 2.24) is 14.8 Å². The van der Waals surface area contributed by atoms with Crippen molar-refractivity contribution in [3.63, 3.8) is 0 Å². The van der Waals surface area contributed by atoms with Gasteiger partial charge in [-0.15, -0.1) is 11.3 Å². The Balaban J connectivity index is 1.29. The number of thiazole rings is 1. The highest BCUT2D eigenvalue weighted by molar-refractivity contribution is 7.09. The van der Waals surface area contributed by atoms with Crippen LogP contribution in [0.2, 0.25) is 0 Å². The molecule has 3 heterocycles. The molecular formula is C15H23N3S. The van der Waals surface area contributed by atoms with Crippen LogP contribution in [-0.4, -0.2) is 47.5 Å². The molecule has 2 saturated heterocycles. The molecule has 4 heteroatoms. The third-order valence-electron chi connectivity index (χ3n) is 4.90. The van der Waals surface area contributed by atoms with Crippen LogP contribution >= 0.6 is 11.3 Å². The Labute approximate surface area is 119 Å². The molecule has 0 amide bonds. The molecule has 4 rings (SSSR count). The van der Waals surface area contributed by atoms with Crippen molar-refractivity contribution in [2.24, 2.45) is 11.3 Å². The number of aryl methyl sites for hydroxylation is 1. The quantitative estimate of drug-likeness (QED) is 0.842. The highest BCUT2D eigenvalue weighted by Gasteiger charge is 2.48. The number of likely N-dealkylation sites (tertiary alicyclic amines) is 2. The molecule has 1 saturated carbocycles. The molecular weight excluding hydrogens is 254 g/mol. The van der Waals surface area contributed by atoms with Crippen molar-refractivity contribution in [2.45, 2.75) is 32.7 Å². The molecule has 0 atom stereocenters. The van der Waals surface area contributed by atoms with Crippen LogP contribution in [-0.2, 0) is 6.54 Å². The van der Waals surface area contributed by atoms with Crippen molar-refractivity contribution in [2.75, 3.05) is 32.7 Å². The van der Waals surface area contributed by atoms with E-state index in [9.17, 15) is 0 Å². The normalized spacial score (nSPS) is 27.0. The zero-order valence-electron chi connectivity index (χ0n) is 11.8. The van der Waals surface area contributed by atoms with E-state index in [4.69, 9.17) is 0 Å². The molecule has 2 aliphatic heterocycles. The molecule has 0 bridgehead atoms. The fourth-order valence-corrected chi connectivity index (χ4v) is 4.43. The molecule has 3 nitrogen and oxygen atoms in total. The number of aromatic nitrogens is 1. The average Bonchev–Trinajstić information content (AvgIpc) is 2.91. The molecule has 0 aromatic carbocycles. The fourth-order valence-electron chi connectivity index (χ4n) is 3.83. The maximum absolute atomic E-state index is 4.59. The third kappa shape index (κ3) is 2.58. The van der Waals surface area contributed by atoms with Gasteiger partial charge in [0, 0.05) is 43.5 Å². The lowest BCUT2D eigenvalue weighted by Crippen LogP contribution is -2.57. The van der Waals surface area contributed by atoms with Crippen LogP contribution in [0.15, 0.2) is 5.38 Å². The summed E-state index contributed by atoms with van der Waals surface area (Å²) in [7, 11) is 0. The lowest BCUT2D eigenvalue weighted by atomic mass is 9.79. The zero-order chi connectivity index (χ0) is 12.9. The summed E-state index contributed by atoms with van der Waals surface area (Å²) in [6.45, 7) is 9.83. The zero-order valence-corrected chi connectivity index (χ0v) is 12.6. The predicted molar refractivity (Wildman–Crippen MR) is 78.3 cm³/mol. The van der Waals surface area contributed by atoms with Crippen molar-refractivity contribution < 1.29 is 0 Å². The van der Waals surface area contributed by atoms with Gasteiger partial charge in [0.15, 0.2) is 0 Å². The molecule has 1 aliphatic carbocycles. The van der Waals surface area contributed by atoms with Crippen molar-refractivity contribution in [3.8, 4) is 0 Å². The number of rotatable bonds is 4. The molecule has 1 spiro atoms. The summed E-state index contributed by atoms with van der Waals surface area (Å²) in [5.41, 5.74) is 1.91. The Morgan fingerprint density at radius 1 is 1.32 bits per heavy atom. The molecule has 0 radical (unpaired) electrons. The SMILES string of the molecule is Cc1nc(CN2CCC3(C2)CN(CC2CC2)C3)cs1. The van der Waals surface area contributed by atoms with E-state index in [2.05, 4.69) is 27.1 Å². The summed E-state index contributed by atoms with van der Waals surface area (Å²) in [6.07, 6.45) is 4.37. The average molecular weight is 277 g/mol. The van der Waals surface area contributed by atoms with E-state index in [1.807, 2.05) is 0 Å². The summed E-state index contributed by atoms with van der Waals surface area (Å²) in [5, 5.41) is 3.42. The van der Waals surface area contributed by atoms with E-state index in [1.165, 1.54) is 62.7 Å². The van der Waals surface area contributed by atoms with Gasteiger partial charge >= 0.3 is 0 Å². The van der Waals surface area contributed by atoms with Crippen molar-refractivity contribution in [3.05, 3.63) is 16.1 Å². The van der Waals surface area contributed by atoms with Crippen LogP contribution in [0.25, 0.3) is 0 Å². The van der Waals surface area contributed by atoms with Gasteiger partial charge in [-0.2, -0.15) is 0 Å². The van der Waals surface area contributed by atoms with Crippen molar-refractivity contribution >= 4 is 11.3 Å². The first kappa shape index (κ1) is 12.3. The molecule has 104 valence electrons. The summed E-state index contributed by atoms with van der Waals surface area (Å²) in [4.78, 5) is 9.90. The van der Waals surface area contributed by atoms with E-state index >= 15 is 0 Å². The summed E-state index contributed by atoms with van der Waals surface area (Å²) in [5.74, 6) is 1.05. The molecule has 3 fully saturated rings. The van der Waals surface area contributed by atoms with Crippen molar-refractivity contribution in [1.29, 1.82) is 0 Å². The van der Waals surface area contributed by atoms with Gasteiger partial charge in [0.25, 0.3) is 0 Å². The van der Waals surface area contributed by atoms with Crippen LogP contribution in [0, 0.1) is 18.3 Å². The second-order valence-corrected chi connectivity index (χ2v) is 7.99. The topological polar surface area (TPSA) is 19.4 Å². The largest absolute Gasteiger partial charge is 0.302 e. The van der Waals surface area contributed by atoms with E-state index < -0.39 is 0 Å². The standard InChI is InChI=1S/C15H23N3S/c1-12-16-14(8-19-12)7-17-5-4-15(9-17)10-18(11-15)6-13-2-3-13/h8,13H,2-7,9-11H2,1H3. The van der Waals surface area contributed by atoms with Crippen LogP contribution < -0.4 is 0 Å². The van der Waals surface area contributed by atoms with Gasteiger partial charge in [0.1, 0.15) is 0 Å². The lowest BCUT2D eigenvalue weighted by Gasteiger charge is -2.48. The van der Waals surface area contributed by atoms with Crippen LogP contribution in [0.1, 0.15) is 30.0 Å². The molecule has 3 aliphatic rings. The van der Waals surface area contributed by atoms with Gasteiger partial charge in [-0.05, 0) is 38.6 Å². The van der Waals surface area contributed by atoms with Gasteiger partial charge in [-0.25, -0.2) is 4.98 Å². The third-order valence-corrected chi connectivity index (χ3v) is 5.72. The molecule has 1 aromatic heterocycles. The molecule has 19 heavy (non-hydrogen) atoms. The van der Waals surface area contributed by atoms with E-state index in [-0.39, 0.29) is 0 Å². The van der Waals surface area contributed by atoms with Gasteiger partial charge in [0.05, 0.1) is 10.7 Å². The fraction of sp³-hybridized carbons (Fsp3) is 0.800. The van der Waals surface area contributed by atoms with Crippen LogP contribution in [0.3, 0.4) is 0 Å². The first-order chi connectivity index (χ1) is 9.21. The van der Waals surface area contributed by atoms with Crippen LogP contribution in [0.4, 0.5) is 0 Å². The predicted octanol–water partition coefficient (Wildman–Crippen LogP) is 2.37. The second-order valence-electron chi connectivity index (χ2n) is 6.93. The highest BCUT2D eigenvalue weighted by Crippen LogP contribution is 2.42. The van der Waals surface area contributed by atoms with E-state index in [0.29, 0.717) is 5.41 Å². The van der Waals surface area contributed by atoms with Crippen LogP contribution in [0.5, 0.6) is 0 Å². The first-order valence-electron chi connectivity index (χ1n) is 7.57. The number of hydrogen-bond acceptors (Lipinski definition) is 4. The minimum absolute atomic E-state index is 0.639. The monoisotopic (exact) mass is 277 g/mol. The van der Waals surface area contributed by atoms with Gasteiger partial charge < -0.3 is 4.90 Å². The minimum Gasteiger partial charge on any atom is -0.302 e. The number of hydrogen-bond donors (Lipinski definition) is 0. The smallest absolute Gasteiger partial charge is 0.0897 e. The highest BCUT2D eigenvalue weighted by atomic mass is 32.1. The Bertz CT molecular complexity index is 460. The molecule has 0 unspecified atom stereocenters.